The summed E-state index contributed by atoms with van der Waals surface area (Å²) in [5, 5.41) is 10.6. The van der Waals surface area contributed by atoms with Crippen LogP contribution in [-0.4, -0.2) is 65.7 Å². The normalized spacial score (nSPS) is 43.2. The number of allylic oxidation sites excluding steroid dienone is 3. The first-order valence-electron chi connectivity index (χ1n) is 23.7. The van der Waals surface area contributed by atoms with Gasteiger partial charge in [0.2, 0.25) is 0 Å². The van der Waals surface area contributed by atoms with Gasteiger partial charge in [0.1, 0.15) is 5.78 Å². The summed E-state index contributed by atoms with van der Waals surface area (Å²) in [4.78, 5) is 35.3. The molecule has 60 heavy (non-hydrogen) atoms. The fourth-order valence-electron chi connectivity index (χ4n) is 16.5. The molecule has 6 saturated carbocycles. The number of ketones is 1. The summed E-state index contributed by atoms with van der Waals surface area (Å²) >= 11 is 0. The van der Waals surface area contributed by atoms with Gasteiger partial charge in [0.05, 0.1) is 19.8 Å². The van der Waals surface area contributed by atoms with Gasteiger partial charge < -0.3 is 39.0 Å². The number of ether oxygens (including phenoxy) is 2. The smallest absolute Gasteiger partial charge is 1.00 e. The van der Waals surface area contributed by atoms with Crippen LogP contribution in [-0.2, 0) is 23.9 Å². The van der Waals surface area contributed by atoms with Gasteiger partial charge >= 0.3 is 35.0 Å². The molecule has 0 bridgehead atoms. The van der Waals surface area contributed by atoms with Crippen molar-refractivity contribution in [2.24, 2.45) is 80.8 Å². The van der Waals surface area contributed by atoms with Crippen molar-refractivity contribution >= 4 is 40.8 Å². The number of aliphatic hydroxyl groups is 1. The van der Waals surface area contributed by atoms with Crippen molar-refractivity contribution in [3.8, 4) is 0 Å². The molecular weight excluding hydrogens is 825 g/mol. The molecule has 0 amide bonds. The first kappa shape index (κ1) is 51.9. The summed E-state index contributed by atoms with van der Waals surface area (Å²) in [6.07, 6.45) is 26.7. The number of fused-ring (bicyclic) bond motifs is 10. The fourth-order valence-corrected chi connectivity index (χ4v) is 16.5. The van der Waals surface area contributed by atoms with Crippen LogP contribution in [0, 0.1) is 88.3 Å². The van der Waals surface area contributed by atoms with E-state index >= 15 is 0 Å². The summed E-state index contributed by atoms with van der Waals surface area (Å²) in [7, 11) is 2.99. The van der Waals surface area contributed by atoms with E-state index in [4.69, 9.17) is 9.47 Å². The Morgan fingerprint density at radius 3 is 1.60 bits per heavy atom. The first-order chi connectivity index (χ1) is 26.9. The maximum Gasteiger partial charge on any atom is 2.00 e. The molecule has 0 heterocycles. The maximum absolute atomic E-state index is 12.0. The zero-order valence-corrected chi connectivity index (χ0v) is 42.6. The molecule has 0 aromatic heterocycles. The molecule has 8 aliphatic rings. The number of hydrogen-bond acceptors (Lipinski definition) is 6. The van der Waals surface area contributed by atoms with Crippen LogP contribution in [0.2, 0.25) is 0 Å². The van der Waals surface area contributed by atoms with Crippen LogP contribution in [0.4, 0.5) is 0 Å². The SMILES string of the molecule is COC(=O)CC[C@@H](C)[C@H]1CC[C@H]2[C@@H]3CC=C4CC(=O)CC[C@]4(C)[C@H]3CC[C@]12C.COC(=O)CC[C@@H](C)[C@H]1CC[C@H]2[C@@H]3CC=C4C[C@@](C)(O)CC[C@]4(C)[C@H]3CC[C@]12C.[Br-].[CH3-].[Mg+2]. The van der Waals surface area contributed by atoms with E-state index in [1.807, 2.05) is 6.92 Å². The van der Waals surface area contributed by atoms with E-state index in [-0.39, 0.29) is 64.8 Å². The van der Waals surface area contributed by atoms with Crippen LogP contribution in [0.25, 0.3) is 0 Å². The average molecular weight is 908 g/mol. The summed E-state index contributed by atoms with van der Waals surface area (Å²) < 4.78 is 9.74. The molecule has 1 N–H and O–H groups in total. The summed E-state index contributed by atoms with van der Waals surface area (Å²) in [5.41, 5.74) is 3.94. The molecular formula is C52H83BrMgO6. The van der Waals surface area contributed by atoms with Gasteiger partial charge in [-0.15, -0.1) is 0 Å². The molecule has 0 aromatic rings. The van der Waals surface area contributed by atoms with Crippen molar-refractivity contribution in [3.63, 3.8) is 0 Å². The Hall–Kier alpha value is -0.704. The largest absolute Gasteiger partial charge is 2.00 e. The zero-order valence-electron chi connectivity index (χ0n) is 39.6. The van der Waals surface area contributed by atoms with Crippen molar-refractivity contribution in [1.82, 2.24) is 0 Å². The first-order valence-corrected chi connectivity index (χ1v) is 23.7. The Labute approximate surface area is 392 Å². The molecule has 336 valence electrons. The minimum atomic E-state index is -0.505. The Bertz CT molecular complexity index is 1610. The molecule has 15 atom stereocenters. The van der Waals surface area contributed by atoms with Crippen LogP contribution < -0.4 is 17.0 Å². The number of halogens is 1. The molecule has 8 aliphatic carbocycles. The number of hydrogen-bond donors (Lipinski definition) is 1. The van der Waals surface area contributed by atoms with E-state index in [9.17, 15) is 19.5 Å². The minimum Gasteiger partial charge on any atom is -1.00 e. The number of carbonyl (C=O) groups is 3. The number of esters is 2. The van der Waals surface area contributed by atoms with E-state index < -0.39 is 5.60 Å². The quantitative estimate of drug-likeness (QED) is 0.114. The molecule has 0 saturated heterocycles. The van der Waals surface area contributed by atoms with Gasteiger partial charge in [0.25, 0.3) is 0 Å². The standard InChI is InChI=1S/C26H42O3.C25H38O3.CH3.BrH.Mg/c1-17(6-11-23(27)29-5)20-9-10-21-19-8-7-18-16-24(2,28)14-15-25(18,3)22(19)12-13-26(20,21)4;1-16(5-10-23(27)28-4)20-8-9-21-19-7-6-17-15-18(26)11-13-24(17,2)22(19)12-14-25(20,21)3;;;/h7,17,19-22,28H,6,8-16H2,1-5H3;6,16,19-22H,5,7-15H2,1-4H3;1H3;1H;/q;;-1;;+2/p-1/t17-,19+,20-,21+,22+,24+,25+,26-;16-,19+,20-,21+,22+,24+,25-;;;/m11.../s1. The van der Waals surface area contributed by atoms with Gasteiger partial charge in [0, 0.05) is 25.7 Å². The van der Waals surface area contributed by atoms with Gasteiger partial charge in [-0.2, -0.15) is 0 Å². The van der Waals surface area contributed by atoms with Crippen molar-refractivity contribution in [2.45, 2.75) is 182 Å². The second-order valence-corrected chi connectivity index (χ2v) is 22.5. The van der Waals surface area contributed by atoms with Crippen molar-refractivity contribution in [3.05, 3.63) is 30.7 Å². The summed E-state index contributed by atoms with van der Waals surface area (Å²) in [6, 6.07) is 0. The Kier molecular flexibility index (Phi) is 17.1. The minimum absolute atomic E-state index is 0. The second kappa shape index (κ2) is 19.8. The predicted molar refractivity (Wildman–Crippen MR) is 239 cm³/mol. The molecule has 0 aromatic carbocycles. The Morgan fingerprint density at radius 1 is 0.683 bits per heavy atom. The molecule has 0 radical (unpaired) electrons. The number of methoxy groups -OCH3 is 2. The number of Topliss-reactive ketones (excluding diaryl/α,β-unsaturated/α-hetero) is 1. The maximum atomic E-state index is 12.0. The van der Waals surface area contributed by atoms with E-state index in [0.29, 0.717) is 46.7 Å². The van der Waals surface area contributed by atoms with Gasteiger partial charge in [-0.25, -0.2) is 0 Å². The summed E-state index contributed by atoms with van der Waals surface area (Å²) in [5.74, 6) is 7.75. The molecule has 8 heteroatoms. The predicted octanol–water partition coefficient (Wildman–Crippen LogP) is 8.70. The number of carbonyl (C=O) groups excluding carboxylic acids is 3. The zero-order chi connectivity index (χ0) is 41.1. The van der Waals surface area contributed by atoms with Crippen LogP contribution in [0.15, 0.2) is 23.3 Å². The number of rotatable bonds is 8. The monoisotopic (exact) mass is 907 g/mol. The van der Waals surface area contributed by atoms with E-state index in [2.05, 4.69) is 53.7 Å². The van der Waals surface area contributed by atoms with Crippen molar-refractivity contribution < 1.29 is 45.9 Å². The fraction of sp³-hybridized carbons (Fsp3) is 0.846. The molecule has 6 nitrogen and oxygen atoms in total. The third-order valence-electron chi connectivity index (χ3n) is 19.9. The molecule has 0 spiro atoms. The van der Waals surface area contributed by atoms with Crippen LogP contribution >= 0.6 is 0 Å². The van der Waals surface area contributed by atoms with E-state index in [0.717, 1.165) is 98.7 Å². The van der Waals surface area contributed by atoms with Crippen LogP contribution in [0.5, 0.6) is 0 Å². The third-order valence-corrected chi connectivity index (χ3v) is 19.9. The van der Waals surface area contributed by atoms with Gasteiger partial charge in [-0.3, -0.25) is 14.4 Å². The molecule has 6 fully saturated rings. The average Bonchev–Trinajstić information content (AvgIpc) is 3.73. The topological polar surface area (TPSA) is 89.9 Å². The Morgan fingerprint density at radius 2 is 1.13 bits per heavy atom. The van der Waals surface area contributed by atoms with Crippen molar-refractivity contribution in [1.29, 1.82) is 0 Å². The van der Waals surface area contributed by atoms with Gasteiger partial charge in [-0.1, -0.05) is 64.8 Å². The van der Waals surface area contributed by atoms with Crippen LogP contribution in [0.3, 0.4) is 0 Å². The Balaban J connectivity index is 0.000000252. The third kappa shape index (κ3) is 9.36. The van der Waals surface area contributed by atoms with Gasteiger partial charge in [0.15, 0.2) is 0 Å². The molecule has 0 aliphatic heterocycles. The molecule has 8 rings (SSSR count). The van der Waals surface area contributed by atoms with Crippen LogP contribution in [0.1, 0.15) is 177 Å². The van der Waals surface area contributed by atoms with Crippen molar-refractivity contribution in [2.75, 3.05) is 14.2 Å². The van der Waals surface area contributed by atoms with E-state index in [1.165, 1.54) is 84.0 Å². The van der Waals surface area contributed by atoms with E-state index in [1.54, 1.807) is 5.57 Å². The van der Waals surface area contributed by atoms with Gasteiger partial charge in [-0.05, 0) is 190 Å². The second-order valence-electron chi connectivity index (χ2n) is 22.5. The summed E-state index contributed by atoms with van der Waals surface area (Å²) in [6.45, 7) is 16.9. The molecule has 0 unspecified atom stereocenters.